The molecule has 1 aromatic heterocycles. The van der Waals surface area contributed by atoms with Crippen LogP contribution < -0.4 is 9.64 Å². The number of anilines is 1. The van der Waals surface area contributed by atoms with E-state index in [0.717, 1.165) is 45.3 Å². The maximum Gasteiger partial charge on any atom is 0.119 e. The Hall–Kier alpha value is -3.20. The molecule has 2 aromatic carbocycles. The Bertz CT molecular complexity index is 1010. The molecule has 0 radical (unpaired) electrons. The molecular formula is C25H28N2O. The standard InChI is InChI=1S/C25H28N2O/c1-8-24-18(3)27(22-11-9-17(2)10-12-22)20(5)25(24)19(4)26(6)21-13-15-23(28-7)16-14-21/h8-16H,1,4H2,2-3,5-7H3. The van der Waals surface area contributed by atoms with Crippen LogP contribution in [0.2, 0.25) is 0 Å². The van der Waals surface area contributed by atoms with Crippen LogP contribution >= 0.6 is 0 Å². The molecule has 0 amide bonds. The second-order valence-corrected chi connectivity index (χ2v) is 7.04. The predicted octanol–water partition coefficient (Wildman–Crippen LogP) is 6.16. The summed E-state index contributed by atoms with van der Waals surface area (Å²) in [6, 6.07) is 16.6. The molecule has 0 saturated heterocycles. The maximum absolute atomic E-state index is 5.27. The Morgan fingerprint density at radius 2 is 1.57 bits per heavy atom. The minimum absolute atomic E-state index is 0.840. The van der Waals surface area contributed by atoms with Crippen LogP contribution in [0, 0.1) is 20.8 Å². The summed E-state index contributed by atoms with van der Waals surface area (Å²) in [4.78, 5) is 2.10. The molecule has 144 valence electrons. The zero-order chi connectivity index (χ0) is 20.4. The average molecular weight is 373 g/mol. The molecule has 1 heterocycles. The average Bonchev–Trinajstić information content (AvgIpc) is 2.97. The summed E-state index contributed by atoms with van der Waals surface area (Å²) in [5, 5.41) is 0. The summed E-state index contributed by atoms with van der Waals surface area (Å²) in [5.74, 6) is 0.840. The number of aromatic nitrogens is 1. The molecule has 3 aromatic rings. The van der Waals surface area contributed by atoms with E-state index >= 15 is 0 Å². The van der Waals surface area contributed by atoms with Gasteiger partial charge in [-0.1, -0.05) is 36.9 Å². The van der Waals surface area contributed by atoms with Crippen molar-refractivity contribution in [3.63, 3.8) is 0 Å². The van der Waals surface area contributed by atoms with Gasteiger partial charge in [0.15, 0.2) is 0 Å². The van der Waals surface area contributed by atoms with Gasteiger partial charge in [-0.3, -0.25) is 0 Å². The highest BCUT2D eigenvalue weighted by atomic mass is 16.5. The van der Waals surface area contributed by atoms with Gasteiger partial charge in [-0.25, -0.2) is 0 Å². The Balaban J connectivity index is 2.07. The van der Waals surface area contributed by atoms with E-state index in [0.29, 0.717) is 0 Å². The number of nitrogens with zero attached hydrogens (tertiary/aromatic N) is 2. The van der Waals surface area contributed by atoms with Crippen molar-refractivity contribution in [1.82, 2.24) is 4.57 Å². The van der Waals surface area contributed by atoms with Crippen LogP contribution in [0.3, 0.4) is 0 Å². The highest BCUT2D eigenvalue weighted by Crippen LogP contribution is 2.34. The van der Waals surface area contributed by atoms with Crippen molar-refractivity contribution in [2.24, 2.45) is 0 Å². The number of ether oxygens (including phenoxy) is 1. The van der Waals surface area contributed by atoms with Crippen LogP contribution in [0.4, 0.5) is 5.69 Å². The third-order valence-corrected chi connectivity index (χ3v) is 5.34. The molecule has 28 heavy (non-hydrogen) atoms. The second kappa shape index (κ2) is 7.81. The monoisotopic (exact) mass is 372 g/mol. The number of hydrogen-bond donors (Lipinski definition) is 0. The lowest BCUT2D eigenvalue weighted by atomic mass is 10.1. The highest BCUT2D eigenvalue weighted by molar-refractivity contribution is 5.84. The molecule has 0 unspecified atom stereocenters. The first-order valence-corrected chi connectivity index (χ1v) is 9.37. The van der Waals surface area contributed by atoms with E-state index in [-0.39, 0.29) is 0 Å². The lowest BCUT2D eigenvalue weighted by Crippen LogP contribution is -2.15. The minimum Gasteiger partial charge on any atom is -0.497 e. The first-order chi connectivity index (χ1) is 13.4. The summed E-state index contributed by atoms with van der Waals surface area (Å²) in [5.41, 5.74) is 8.94. The summed E-state index contributed by atoms with van der Waals surface area (Å²) in [6.45, 7) is 14.8. The van der Waals surface area contributed by atoms with Crippen LogP contribution in [0.5, 0.6) is 5.75 Å². The fourth-order valence-electron chi connectivity index (χ4n) is 3.68. The summed E-state index contributed by atoms with van der Waals surface area (Å²) in [6.07, 6.45) is 1.93. The highest BCUT2D eigenvalue weighted by Gasteiger charge is 2.21. The Labute approximate surface area is 168 Å². The Morgan fingerprint density at radius 3 is 2.11 bits per heavy atom. The molecule has 0 aliphatic heterocycles. The van der Waals surface area contributed by atoms with E-state index in [1.807, 2.05) is 37.4 Å². The minimum atomic E-state index is 0.840. The van der Waals surface area contributed by atoms with Gasteiger partial charge in [0, 0.05) is 46.6 Å². The van der Waals surface area contributed by atoms with E-state index < -0.39 is 0 Å². The predicted molar refractivity (Wildman–Crippen MR) is 121 cm³/mol. The van der Waals surface area contributed by atoms with Crippen molar-refractivity contribution in [2.75, 3.05) is 19.1 Å². The molecule has 0 fully saturated rings. The zero-order valence-electron chi connectivity index (χ0n) is 17.4. The van der Waals surface area contributed by atoms with Crippen molar-refractivity contribution < 1.29 is 4.74 Å². The fourth-order valence-corrected chi connectivity index (χ4v) is 3.68. The van der Waals surface area contributed by atoms with Crippen LogP contribution in [0.25, 0.3) is 17.5 Å². The largest absolute Gasteiger partial charge is 0.497 e. The summed E-state index contributed by atoms with van der Waals surface area (Å²) in [7, 11) is 3.71. The number of hydrogen-bond acceptors (Lipinski definition) is 2. The fraction of sp³-hybridized carbons (Fsp3) is 0.200. The number of rotatable bonds is 6. The van der Waals surface area contributed by atoms with Crippen LogP contribution in [-0.2, 0) is 0 Å². The van der Waals surface area contributed by atoms with Gasteiger partial charge >= 0.3 is 0 Å². The smallest absolute Gasteiger partial charge is 0.119 e. The topological polar surface area (TPSA) is 17.4 Å². The van der Waals surface area contributed by atoms with Crippen molar-refractivity contribution >= 4 is 17.5 Å². The van der Waals surface area contributed by atoms with E-state index in [1.165, 1.54) is 5.56 Å². The van der Waals surface area contributed by atoms with Crippen LogP contribution in [-0.4, -0.2) is 18.7 Å². The van der Waals surface area contributed by atoms with Gasteiger partial charge in [-0.15, -0.1) is 0 Å². The molecule has 3 heteroatoms. The van der Waals surface area contributed by atoms with Crippen molar-refractivity contribution in [2.45, 2.75) is 20.8 Å². The molecule has 0 aliphatic rings. The van der Waals surface area contributed by atoms with E-state index in [9.17, 15) is 0 Å². The molecule has 3 nitrogen and oxygen atoms in total. The van der Waals surface area contributed by atoms with E-state index in [4.69, 9.17) is 4.74 Å². The van der Waals surface area contributed by atoms with Crippen molar-refractivity contribution in [3.05, 3.63) is 89.8 Å². The lowest BCUT2D eigenvalue weighted by Gasteiger charge is -2.23. The van der Waals surface area contributed by atoms with Gasteiger partial charge in [0.25, 0.3) is 0 Å². The summed E-state index contributed by atoms with van der Waals surface area (Å²) < 4.78 is 7.55. The summed E-state index contributed by atoms with van der Waals surface area (Å²) >= 11 is 0. The van der Waals surface area contributed by atoms with Crippen molar-refractivity contribution in [1.29, 1.82) is 0 Å². The quantitative estimate of drug-likeness (QED) is 0.515. The van der Waals surface area contributed by atoms with E-state index in [2.05, 4.69) is 67.7 Å². The van der Waals surface area contributed by atoms with Crippen LogP contribution in [0.15, 0.2) is 61.7 Å². The molecule has 0 saturated carbocycles. The number of aryl methyl sites for hydroxylation is 1. The Kier molecular flexibility index (Phi) is 5.46. The zero-order valence-corrected chi connectivity index (χ0v) is 17.4. The molecule has 0 aliphatic carbocycles. The first kappa shape index (κ1) is 19.6. The van der Waals surface area contributed by atoms with E-state index in [1.54, 1.807) is 7.11 Å². The molecular weight excluding hydrogens is 344 g/mol. The number of methoxy groups -OCH3 is 1. The maximum atomic E-state index is 5.27. The van der Waals surface area contributed by atoms with Crippen LogP contribution in [0.1, 0.15) is 28.1 Å². The van der Waals surface area contributed by atoms with Crippen molar-refractivity contribution in [3.8, 4) is 11.4 Å². The lowest BCUT2D eigenvalue weighted by molar-refractivity contribution is 0.415. The van der Waals surface area contributed by atoms with Gasteiger partial charge in [-0.05, 0) is 57.2 Å². The third-order valence-electron chi connectivity index (χ3n) is 5.34. The molecule has 0 bridgehead atoms. The SMILES string of the molecule is C=Cc1c(C(=C)N(C)c2ccc(OC)cc2)c(C)n(-c2ccc(C)cc2)c1C. The van der Waals surface area contributed by atoms with Gasteiger partial charge < -0.3 is 14.2 Å². The molecule has 0 atom stereocenters. The van der Waals surface area contributed by atoms with Gasteiger partial charge in [0.2, 0.25) is 0 Å². The third kappa shape index (κ3) is 3.36. The number of benzene rings is 2. The Morgan fingerprint density at radius 1 is 0.964 bits per heavy atom. The second-order valence-electron chi connectivity index (χ2n) is 7.04. The molecule has 0 spiro atoms. The normalized spacial score (nSPS) is 10.6. The van der Waals surface area contributed by atoms with Gasteiger partial charge in [-0.2, -0.15) is 0 Å². The van der Waals surface area contributed by atoms with Gasteiger partial charge in [0.05, 0.1) is 7.11 Å². The first-order valence-electron chi connectivity index (χ1n) is 9.37. The van der Waals surface area contributed by atoms with Gasteiger partial charge in [0.1, 0.15) is 5.75 Å². The molecule has 3 rings (SSSR count). The molecule has 0 N–H and O–H groups in total.